The Kier molecular flexibility index (Phi) is 5.57. The number of aliphatic hydroxyl groups is 1. The van der Waals surface area contributed by atoms with Gasteiger partial charge in [0.25, 0.3) is 11.7 Å². The molecule has 4 nitrogen and oxygen atoms in total. The minimum atomic E-state index is -1.01. The van der Waals surface area contributed by atoms with Crippen molar-refractivity contribution in [3.05, 3.63) is 112 Å². The van der Waals surface area contributed by atoms with Crippen LogP contribution >= 0.6 is 0 Å². The zero-order chi connectivity index (χ0) is 23.0. The second-order valence-corrected chi connectivity index (χ2v) is 7.57. The summed E-state index contributed by atoms with van der Waals surface area (Å²) in [7, 11) is 0. The van der Waals surface area contributed by atoms with Gasteiger partial charge in [0.1, 0.15) is 23.2 Å². The van der Waals surface area contributed by atoms with E-state index in [1.165, 1.54) is 72.5 Å². The lowest BCUT2D eigenvalue weighted by Gasteiger charge is -2.25. The van der Waals surface area contributed by atoms with Gasteiger partial charge in [-0.05, 0) is 66.1 Å². The number of benzene rings is 3. The van der Waals surface area contributed by atoms with Crippen LogP contribution in [0.25, 0.3) is 5.76 Å². The lowest BCUT2D eigenvalue weighted by atomic mass is 9.94. The molecule has 1 atom stereocenters. The maximum Gasteiger partial charge on any atom is 0.295 e. The lowest BCUT2D eigenvalue weighted by molar-refractivity contribution is -0.140. The van der Waals surface area contributed by atoms with Gasteiger partial charge in [0, 0.05) is 12.1 Å². The first-order valence-corrected chi connectivity index (χ1v) is 9.81. The average Bonchev–Trinajstić information content (AvgIpc) is 3.02. The van der Waals surface area contributed by atoms with Crippen molar-refractivity contribution >= 4 is 17.4 Å². The summed E-state index contributed by atoms with van der Waals surface area (Å²) < 4.78 is 40.5. The molecule has 1 aliphatic heterocycles. The Hall–Kier alpha value is -3.87. The van der Waals surface area contributed by atoms with Gasteiger partial charge < -0.3 is 10.0 Å². The lowest BCUT2D eigenvalue weighted by Crippen LogP contribution is -2.29. The summed E-state index contributed by atoms with van der Waals surface area (Å²) in [6.07, 6.45) is 0. The molecule has 1 saturated heterocycles. The molecule has 162 valence electrons. The molecule has 0 saturated carbocycles. The highest BCUT2D eigenvalue weighted by atomic mass is 19.1. The third kappa shape index (κ3) is 3.89. The molecule has 3 aromatic rings. The third-order valence-electron chi connectivity index (χ3n) is 5.42. The number of nitrogens with zero attached hydrogens (tertiary/aromatic N) is 1. The fraction of sp³-hybridized carbons (Fsp3) is 0.120. The van der Waals surface area contributed by atoms with Gasteiger partial charge in [-0.25, -0.2) is 13.2 Å². The number of amides is 1. The first-order valence-electron chi connectivity index (χ1n) is 9.81. The number of ketones is 1. The molecule has 0 bridgehead atoms. The van der Waals surface area contributed by atoms with Gasteiger partial charge in [0.05, 0.1) is 11.6 Å². The number of halogens is 3. The topological polar surface area (TPSA) is 57.6 Å². The molecule has 1 unspecified atom stereocenters. The van der Waals surface area contributed by atoms with Crippen LogP contribution in [0.1, 0.15) is 28.3 Å². The number of carbonyl (C=O) groups excluding carboxylic acids is 2. The van der Waals surface area contributed by atoms with Crippen LogP contribution in [-0.4, -0.2) is 21.7 Å². The minimum Gasteiger partial charge on any atom is -0.507 e. The van der Waals surface area contributed by atoms with Gasteiger partial charge in [-0.15, -0.1) is 0 Å². The van der Waals surface area contributed by atoms with Crippen molar-refractivity contribution in [1.82, 2.24) is 4.90 Å². The molecule has 1 aliphatic rings. The summed E-state index contributed by atoms with van der Waals surface area (Å²) in [6.45, 7) is 1.48. The molecule has 0 aromatic heterocycles. The van der Waals surface area contributed by atoms with Crippen molar-refractivity contribution < 1.29 is 27.9 Å². The van der Waals surface area contributed by atoms with Gasteiger partial charge >= 0.3 is 0 Å². The molecule has 0 spiro atoms. The van der Waals surface area contributed by atoms with Crippen molar-refractivity contribution in [3.63, 3.8) is 0 Å². The minimum absolute atomic E-state index is 0.0356. The maximum atomic E-state index is 13.7. The first kappa shape index (κ1) is 21.4. The van der Waals surface area contributed by atoms with Gasteiger partial charge in [-0.1, -0.05) is 24.3 Å². The van der Waals surface area contributed by atoms with Crippen molar-refractivity contribution in [1.29, 1.82) is 0 Å². The molecule has 32 heavy (non-hydrogen) atoms. The van der Waals surface area contributed by atoms with E-state index in [-0.39, 0.29) is 23.2 Å². The normalized spacial score (nSPS) is 17.8. The first-order chi connectivity index (χ1) is 15.3. The highest BCUT2D eigenvalue weighted by Gasteiger charge is 2.46. The van der Waals surface area contributed by atoms with Gasteiger partial charge in [-0.2, -0.15) is 0 Å². The molecule has 7 heteroatoms. The molecule has 0 radical (unpaired) electrons. The predicted molar refractivity (Wildman–Crippen MR) is 112 cm³/mol. The van der Waals surface area contributed by atoms with Crippen LogP contribution in [0.15, 0.2) is 72.3 Å². The van der Waals surface area contributed by atoms with Crippen molar-refractivity contribution in [2.45, 2.75) is 19.5 Å². The van der Waals surface area contributed by atoms with Crippen LogP contribution in [0, 0.1) is 24.4 Å². The van der Waals surface area contributed by atoms with Crippen LogP contribution < -0.4 is 0 Å². The van der Waals surface area contributed by atoms with Crippen LogP contribution in [0.5, 0.6) is 0 Å². The number of likely N-dealkylation sites (tertiary alicyclic amines) is 1. The monoisotopic (exact) mass is 437 g/mol. The fourth-order valence-electron chi connectivity index (χ4n) is 3.77. The number of aryl methyl sites for hydroxylation is 1. The summed E-state index contributed by atoms with van der Waals surface area (Å²) in [5.41, 5.74) is 1.23. The second-order valence-electron chi connectivity index (χ2n) is 7.57. The van der Waals surface area contributed by atoms with E-state index in [1.54, 1.807) is 0 Å². The van der Waals surface area contributed by atoms with E-state index in [0.717, 1.165) is 6.07 Å². The SMILES string of the molecule is Cc1cc(/C(O)=C2/C(=O)C(=O)N(Cc3ccc(F)cc3)C2c2ccc(F)cc2)ccc1F. The Morgan fingerprint density at radius 1 is 0.906 bits per heavy atom. The number of hydrogen-bond acceptors (Lipinski definition) is 3. The Labute approximate surface area is 182 Å². The summed E-state index contributed by atoms with van der Waals surface area (Å²) in [4.78, 5) is 27.1. The largest absolute Gasteiger partial charge is 0.507 e. The highest BCUT2D eigenvalue weighted by Crippen LogP contribution is 2.40. The van der Waals surface area contributed by atoms with Crippen molar-refractivity contribution in [2.24, 2.45) is 0 Å². The van der Waals surface area contributed by atoms with Gasteiger partial charge in [0.2, 0.25) is 0 Å². The average molecular weight is 437 g/mol. The van der Waals surface area contributed by atoms with Crippen molar-refractivity contribution in [2.75, 3.05) is 0 Å². The number of Topliss-reactive ketones (excluding diaryl/α,β-unsaturated/α-hetero) is 1. The number of carbonyl (C=O) groups is 2. The predicted octanol–water partition coefficient (Wildman–Crippen LogP) is 5.03. The third-order valence-corrected chi connectivity index (χ3v) is 5.42. The summed E-state index contributed by atoms with van der Waals surface area (Å²) in [5, 5.41) is 11.0. The van der Waals surface area contributed by atoms with E-state index in [9.17, 15) is 27.9 Å². The van der Waals surface area contributed by atoms with E-state index in [4.69, 9.17) is 0 Å². The van der Waals surface area contributed by atoms with Gasteiger partial charge in [-0.3, -0.25) is 9.59 Å². The van der Waals surface area contributed by atoms with E-state index >= 15 is 0 Å². The Morgan fingerprint density at radius 3 is 2.09 bits per heavy atom. The molecular formula is C25H18F3NO3. The molecule has 1 amide bonds. The molecule has 3 aromatic carbocycles. The summed E-state index contributed by atoms with van der Waals surface area (Å²) in [6, 6.07) is 13.5. The molecule has 1 fully saturated rings. The summed E-state index contributed by atoms with van der Waals surface area (Å²) >= 11 is 0. The van der Waals surface area contributed by atoms with Crippen LogP contribution in [-0.2, 0) is 16.1 Å². The molecule has 1 N–H and O–H groups in total. The quantitative estimate of drug-likeness (QED) is 0.354. The number of aliphatic hydroxyl groups excluding tert-OH is 1. The van der Waals surface area contributed by atoms with E-state index in [0.29, 0.717) is 11.1 Å². The van der Waals surface area contributed by atoms with Crippen LogP contribution in [0.2, 0.25) is 0 Å². The van der Waals surface area contributed by atoms with E-state index < -0.39 is 40.9 Å². The molecular weight excluding hydrogens is 419 g/mol. The maximum absolute atomic E-state index is 13.7. The van der Waals surface area contributed by atoms with Gasteiger partial charge in [0.15, 0.2) is 0 Å². The molecule has 0 aliphatic carbocycles. The zero-order valence-electron chi connectivity index (χ0n) is 17.0. The smallest absolute Gasteiger partial charge is 0.295 e. The Morgan fingerprint density at radius 2 is 1.50 bits per heavy atom. The standard InChI is InChI=1S/C25H18F3NO3/c1-14-12-17(6-11-20(14)28)23(30)21-22(16-4-9-19(27)10-5-16)29(25(32)24(21)31)13-15-2-7-18(26)8-3-15/h2-12,22,30H,13H2,1H3/b23-21-. The zero-order valence-corrected chi connectivity index (χ0v) is 17.0. The number of hydrogen-bond donors (Lipinski definition) is 1. The van der Waals surface area contributed by atoms with Crippen LogP contribution in [0.4, 0.5) is 13.2 Å². The van der Waals surface area contributed by atoms with E-state index in [2.05, 4.69) is 0 Å². The molecule has 4 rings (SSSR count). The highest BCUT2D eigenvalue weighted by molar-refractivity contribution is 6.46. The van der Waals surface area contributed by atoms with Crippen molar-refractivity contribution in [3.8, 4) is 0 Å². The molecule has 1 heterocycles. The fourth-order valence-corrected chi connectivity index (χ4v) is 3.77. The van der Waals surface area contributed by atoms with E-state index in [1.807, 2.05) is 0 Å². The summed E-state index contributed by atoms with van der Waals surface area (Å²) in [5.74, 6) is -3.66. The Balaban J connectivity index is 1.86. The Bertz CT molecular complexity index is 1230. The number of rotatable bonds is 4. The second kappa shape index (κ2) is 8.34. The van der Waals surface area contributed by atoms with Crippen LogP contribution in [0.3, 0.4) is 0 Å².